The van der Waals surface area contributed by atoms with Gasteiger partial charge in [0.2, 0.25) is 0 Å². The van der Waals surface area contributed by atoms with E-state index in [4.69, 9.17) is 16.3 Å². The third kappa shape index (κ3) is 2.87. The predicted molar refractivity (Wildman–Crippen MR) is 122 cm³/mol. The van der Waals surface area contributed by atoms with Gasteiger partial charge in [0.15, 0.2) is 11.6 Å². The summed E-state index contributed by atoms with van der Waals surface area (Å²) in [7, 11) is 4.67. The van der Waals surface area contributed by atoms with Gasteiger partial charge in [-0.25, -0.2) is 13.8 Å². The van der Waals surface area contributed by atoms with E-state index >= 15 is 0 Å². The highest BCUT2D eigenvalue weighted by molar-refractivity contribution is 7.22. The number of aromatic nitrogens is 5. The highest BCUT2D eigenvalue weighted by Gasteiger charge is 2.21. The zero-order valence-electron chi connectivity index (χ0n) is 17.1. The first kappa shape index (κ1) is 20.4. The van der Waals surface area contributed by atoms with Crippen molar-refractivity contribution in [2.75, 3.05) is 7.11 Å². The fourth-order valence-corrected chi connectivity index (χ4v) is 5.18. The lowest BCUT2D eigenvalue weighted by molar-refractivity contribution is 0.387. The van der Waals surface area contributed by atoms with Gasteiger partial charge in [0.05, 0.1) is 41.2 Å². The second kappa shape index (κ2) is 7.28. The number of rotatable bonds is 3. The molecule has 162 valence electrons. The fraction of sp³-hybridized carbons (Fsp3) is 0.143. The zero-order chi connectivity index (χ0) is 22.7. The SMILES string of the molecule is COc1cc(-c2cc3c(s2)c(=O)n(-c2cncc4cnn(C)c24)c(=O)n3C)c(Cl)cc1F. The first-order valence-electron chi connectivity index (χ1n) is 9.37. The first-order chi connectivity index (χ1) is 15.3. The van der Waals surface area contributed by atoms with Crippen molar-refractivity contribution in [3.05, 3.63) is 68.5 Å². The standard InChI is InChI=1S/C21H15ClFN5O3S/c1-26-14-6-17(11-4-16(31-3)13(23)5-12(11)22)32-19(14)20(29)28(21(26)30)15-9-24-7-10-8-25-27(2)18(10)15/h4-9H,1-3H3. The van der Waals surface area contributed by atoms with Crippen molar-refractivity contribution in [3.63, 3.8) is 0 Å². The third-order valence-electron chi connectivity index (χ3n) is 5.32. The Morgan fingerprint density at radius 2 is 1.91 bits per heavy atom. The highest BCUT2D eigenvalue weighted by Crippen LogP contribution is 2.38. The van der Waals surface area contributed by atoms with Gasteiger partial charge < -0.3 is 4.74 Å². The molecule has 0 aliphatic heterocycles. The molecule has 5 rings (SSSR count). The summed E-state index contributed by atoms with van der Waals surface area (Å²) in [6.07, 6.45) is 4.70. The molecular formula is C21H15ClFN5O3S. The van der Waals surface area contributed by atoms with Crippen LogP contribution in [0.3, 0.4) is 0 Å². The van der Waals surface area contributed by atoms with E-state index in [-0.39, 0.29) is 10.8 Å². The molecule has 0 atom stereocenters. The van der Waals surface area contributed by atoms with Crippen LogP contribution in [0.1, 0.15) is 0 Å². The van der Waals surface area contributed by atoms with E-state index in [1.165, 1.54) is 23.9 Å². The number of ether oxygens (including phenoxy) is 1. The quantitative estimate of drug-likeness (QED) is 0.402. The summed E-state index contributed by atoms with van der Waals surface area (Å²) in [6.45, 7) is 0. The molecule has 32 heavy (non-hydrogen) atoms. The third-order valence-corrected chi connectivity index (χ3v) is 6.78. The molecule has 11 heteroatoms. The van der Waals surface area contributed by atoms with E-state index in [2.05, 4.69) is 10.1 Å². The van der Waals surface area contributed by atoms with Crippen LogP contribution in [0, 0.1) is 5.82 Å². The lowest BCUT2D eigenvalue weighted by Gasteiger charge is -2.09. The van der Waals surface area contributed by atoms with Crippen LogP contribution in [0.25, 0.3) is 37.2 Å². The minimum atomic E-state index is -0.589. The van der Waals surface area contributed by atoms with Crippen LogP contribution in [0.2, 0.25) is 5.02 Å². The molecule has 0 unspecified atom stereocenters. The first-order valence-corrected chi connectivity index (χ1v) is 10.6. The molecule has 4 aromatic heterocycles. The summed E-state index contributed by atoms with van der Waals surface area (Å²) in [5.41, 5.74) is 0.888. The Balaban J connectivity index is 1.83. The van der Waals surface area contributed by atoms with E-state index in [0.29, 0.717) is 37.2 Å². The molecule has 0 radical (unpaired) electrons. The van der Waals surface area contributed by atoms with Crippen molar-refractivity contribution in [1.29, 1.82) is 0 Å². The van der Waals surface area contributed by atoms with Crippen LogP contribution >= 0.6 is 22.9 Å². The van der Waals surface area contributed by atoms with Crippen molar-refractivity contribution < 1.29 is 9.13 Å². The largest absolute Gasteiger partial charge is 0.494 e. The molecule has 0 saturated carbocycles. The molecule has 0 spiro atoms. The Kier molecular flexibility index (Phi) is 4.64. The molecule has 4 heterocycles. The minimum Gasteiger partial charge on any atom is -0.494 e. The van der Waals surface area contributed by atoms with E-state index in [9.17, 15) is 14.0 Å². The fourth-order valence-electron chi connectivity index (χ4n) is 3.72. The number of halogens is 2. The number of pyridine rings is 1. The average molecular weight is 472 g/mol. The molecule has 8 nitrogen and oxygen atoms in total. The lowest BCUT2D eigenvalue weighted by atomic mass is 10.1. The smallest absolute Gasteiger partial charge is 0.336 e. The highest BCUT2D eigenvalue weighted by atomic mass is 35.5. The van der Waals surface area contributed by atoms with Crippen LogP contribution < -0.4 is 16.0 Å². The van der Waals surface area contributed by atoms with Crippen LogP contribution in [-0.4, -0.2) is 31.0 Å². The van der Waals surface area contributed by atoms with E-state index in [0.717, 1.165) is 22.0 Å². The molecule has 5 aromatic rings. The van der Waals surface area contributed by atoms with Crippen molar-refractivity contribution in [2.24, 2.45) is 14.1 Å². The van der Waals surface area contributed by atoms with Gasteiger partial charge >= 0.3 is 5.69 Å². The number of fused-ring (bicyclic) bond motifs is 2. The molecule has 0 bridgehead atoms. The topological polar surface area (TPSA) is 83.9 Å². The van der Waals surface area contributed by atoms with Crippen molar-refractivity contribution in [3.8, 4) is 21.9 Å². The normalized spacial score (nSPS) is 11.5. The lowest BCUT2D eigenvalue weighted by Crippen LogP contribution is -2.37. The molecule has 1 aromatic carbocycles. The summed E-state index contributed by atoms with van der Waals surface area (Å²) in [6, 6.07) is 4.32. The number of hydrogen-bond donors (Lipinski definition) is 0. The van der Waals surface area contributed by atoms with Crippen LogP contribution in [0.4, 0.5) is 4.39 Å². The molecular weight excluding hydrogens is 457 g/mol. The van der Waals surface area contributed by atoms with Gasteiger partial charge in [-0.1, -0.05) is 11.6 Å². The number of nitrogens with zero attached hydrogens (tertiary/aromatic N) is 5. The van der Waals surface area contributed by atoms with Gasteiger partial charge in [-0.15, -0.1) is 11.3 Å². The summed E-state index contributed by atoms with van der Waals surface area (Å²) in [5, 5.41) is 5.08. The summed E-state index contributed by atoms with van der Waals surface area (Å²) >= 11 is 7.43. The maximum absolute atomic E-state index is 14.0. The van der Waals surface area contributed by atoms with E-state index < -0.39 is 17.1 Å². The summed E-state index contributed by atoms with van der Waals surface area (Å²) in [5.74, 6) is -0.559. The van der Waals surface area contributed by atoms with Crippen molar-refractivity contribution >= 4 is 44.1 Å². The van der Waals surface area contributed by atoms with Gasteiger partial charge in [-0.3, -0.25) is 19.0 Å². The second-order valence-corrected chi connectivity index (χ2v) is 8.60. The zero-order valence-corrected chi connectivity index (χ0v) is 18.7. The van der Waals surface area contributed by atoms with Crippen LogP contribution in [-0.2, 0) is 14.1 Å². The van der Waals surface area contributed by atoms with Crippen molar-refractivity contribution in [1.82, 2.24) is 23.9 Å². The second-order valence-electron chi connectivity index (χ2n) is 7.14. The monoisotopic (exact) mass is 471 g/mol. The van der Waals surface area contributed by atoms with Gasteiger partial charge in [-0.2, -0.15) is 5.10 Å². The Bertz CT molecular complexity index is 1670. The van der Waals surface area contributed by atoms with E-state index in [1.807, 2.05) is 0 Å². The van der Waals surface area contributed by atoms with Gasteiger partial charge in [0, 0.05) is 36.1 Å². The average Bonchev–Trinajstić information content (AvgIpc) is 3.38. The molecule has 0 aliphatic rings. The minimum absolute atomic E-state index is 0.0297. The Morgan fingerprint density at radius 1 is 1.12 bits per heavy atom. The molecule has 0 N–H and O–H groups in total. The van der Waals surface area contributed by atoms with E-state index in [1.54, 1.807) is 37.2 Å². The van der Waals surface area contributed by atoms with Gasteiger partial charge in [-0.05, 0) is 18.2 Å². The number of aryl methyl sites for hydroxylation is 2. The maximum Gasteiger partial charge on any atom is 0.336 e. The van der Waals surface area contributed by atoms with Crippen molar-refractivity contribution in [2.45, 2.75) is 0 Å². The van der Waals surface area contributed by atoms with Crippen LogP contribution in [0.15, 0.2) is 46.4 Å². The van der Waals surface area contributed by atoms with Gasteiger partial charge in [0.25, 0.3) is 5.56 Å². The van der Waals surface area contributed by atoms with Gasteiger partial charge in [0.1, 0.15) is 4.70 Å². The van der Waals surface area contributed by atoms with Crippen LogP contribution in [0.5, 0.6) is 5.75 Å². The Labute approximate surface area is 188 Å². The number of methoxy groups -OCH3 is 1. The number of benzene rings is 1. The Hall–Kier alpha value is -3.50. The predicted octanol–water partition coefficient (Wildman–Crippen LogP) is 3.50. The summed E-state index contributed by atoms with van der Waals surface area (Å²) in [4.78, 5) is 31.5. The molecule has 0 aliphatic carbocycles. The molecule has 0 amide bonds. The molecule has 0 fully saturated rings. The Morgan fingerprint density at radius 3 is 2.66 bits per heavy atom. The summed E-state index contributed by atoms with van der Waals surface area (Å²) < 4.78 is 23.5. The molecule has 0 saturated heterocycles. The number of hydrogen-bond acceptors (Lipinski definition) is 6. The maximum atomic E-state index is 14.0. The number of thiophene rings is 1.